The highest BCUT2D eigenvalue weighted by Crippen LogP contribution is 2.26. The first-order valence-electron chi connectivity index (χ1n) is 10.1. The monoisotopic (exact) mass is 420 g/mol. The lowest BCUT2D eigenvalue weighted by atomic mass is 9.89. The minimum atomic E-state index is -0.382. The molecule has 1 heterocycles. The molecule has 0 N–H and O–H groups in total. The van der Waals surface area contributed by atoms with Crippen LogP contribution in [-0.2, 0) is 0 Å². The quantitative estimate of drug-likeness (QED) is 0.379. The zero-order valence-corrected chi connectivity index (χ0v) is 17.9. The number of hydrogen-bond acceptors (Lipinski definition) is 5. The van der Waals surface area contributed by atoms with Crippen LogP contribution >= 0.6 is 11.3 Å². The Bertz CT molecular complexity index is 1140. The third kappa shape index (κ3) is 4.57. The lowest BCUT2D eigenvalue weighted by molar-refractivity contribution is -0.384. The molecule has 6 nitrogen and oxygen atoms in total. The van der Waals surface area contributed by atoms with E-state index in [1.54, 1.807) is 12.1 Å². The van der Waals surface area contributed by atoms with Crippen LogP contribution in [-0.4, -0.2) is 15.3 Å². The van der Waals surface area contributed by atoms with Gasteiger partial charge in [0.05, 0.1) is 16.3 Å². The highest BCUT2D eigenvalue weighted by atomic mass is 32.1. The fraction of sp³-hybridized carbons (Fsp3) is 0.304. The Morgan fingerprint density at radius 1 is 1.13 bits per heavy atom. The number of hydrogen-bond donors (Lipinski definition) is 0. The number of nitro benzene ring substituents is 1. The fourth-order valence-corrected chi connectivity index (χ4v) is 4.50. The van der Waals surface area contributed by atoms with Crippen LogP contribution in [0.3, 0.4) is 0 Å². The van der Waals surface area contributed by atoms with Crippen LogP contribution in [0.25, 0.3) is 11.3 Å². The Morgan fingerprint density at radius 3 is 2.53 bits per heavy atom. The first-order valence-corrected chi connectivity index (χ1v) is 11.0. The molecule has 1 aromatic heterocycles. The molecule has 0 bridgehead atoms. The number of nitrogens with zero attached hydrogens (tertiary/aromatic N) is 4. The summed E-state index contributed by atoms with van der Waals surface area (Å²) >= 11 is 1.53. The van der Waals surface area contributed by atoms with E-state index in [2.05, 4.69) is 13.8 Å². The summed E-state index contributed by atoms with van der Waals surface area (Å²) in [4.78, 5) is 16.2. The second-order valence-electron chi connectivity index (χ2n) is 7.83. The molecule has 0 radical (unpaired) electrons. The Hall–Kier alpha value is -3.06. The molecular weight excluding hydrogens is 396 g/mol. The zero-order valence-electron chi connectivity index (χ0n) is 17.1. The van der Waals surface area contributed by atoms with Crippen molar-refractivity contribution in [1.82, 2.24) is 4.68 Å². The molecule has 7 heteroatoms. The van der Waals surface area contributed by atoms with Gasteiger partial charge in [-0.25, -0.2) is 9.67 Å². The molecule has 0 saturated heterocycles. The van der Waals surface area contributed by atoms with Crippen molar-refractivity contribution in [2.45, 2.75) is 39.5 Å². The minimum Gasteiger partial charge on any atom is -0.258 e. The number of non-ortho nitro benzene ring substituents is 1. The van der Waals surface area contributed by atoms with Crippen molar-refractivity contribution in [3.63, 3.8) is 0 Å². The number of rotatable bonds is 4. The topological polar surface area (TPSA) is 72.8 Å². The summed E-state index contributed by atoms with van der Waals surface area (Å²) in [6, 6.07) is 14.7. The summed E-state index contributed by atoms with van der Waals surface area (Å²) in [6.07, 6.45) is 4.38. The molecule has 154 valence electrons. The lowest BCUT2D eigenvalue weighted by Crippen LogP contribution is -2.18. The third-order valence-electron chi connectivity index (χ3n) is 5.31. The van der Waals surface area contributed by atoms with Crippen molar-refractivity contribution >= 4 is 28.4 Å². The summed E-state index contributed by atoms with van der Waals surface area (Å²) in [5.41, 5.74) is 5.11. The maximum absolute atomic E-state index is 11.0. The molecule has 3 aromatic rings. The van der Waals surface area contributed by atoms with E-state index in [1.165, 1.54) is 41.2 Å². The standard InChI is InChI=1S/C23H24N4O2S/c1-16-6-10-19(11-7-16)24-23-26(25-20-5-3-4-17(2)14-20)22(15-30-23)18-8-12-21(13-9-18)27(28)29/h6-13,15,17H,3-5,14H2,1-2H3. The molecule has 4 rings (SSSR count). The van der Waals surface area contributed by atoms with Crippen LogP contribution in [0.5, 0.6) is 0 Å². The van der Waals surface area contributed by atoms with E-state index in [0.717, 1.165) is 41.0 Å². The molecule has 1 saturated carbocycles. The number of aryl methyl sites for hydroxylation is 1. The van der Waals surface area contributed by atoms with E-state index in [4.69, 9.17) is 10.1 Å². The Kier molecular flexibility index (Phi) is 5.90. The van der Waals surface area contributed by atoms with Crippen LogP contribution in [0.2, 0.25) is 0 Å². The molecule has 0 spiro atoms. The van der Waals surface area contributed by atoms with Crippen molar-refractivity contribution in [3.8, 4) is 11.3 Å². The predicted octanol–water partition coefficient (Wildman–Crippen LogP) is 6.08. The minimum absolute atomic E-state index is 0.0810. The summed E-state index contributed by atoms with van der Waals surface area (Å²) in [5, 5.41) is 18.0. The first-order chi connectivity index (χ1) is 14.5. The van der Waals surface area contributed by atoms with Gasteiger partial charge in [0.15, 0.2) is 0 Å². The molecule has 2 aromatic carbocycles. The average Bonchev–Trinajstić information content (AvgIpc) is 3.12. The summed E-state index contributed by atoms with van der Waals surface area (Å²) in [5.74, 6) is 0.636. The molecular formula is C23H24N4O2S. The molecule has 1 aliphatic rings. The highest BCUT2D eigenvalue weighted by Gasteiger charge is 2.16. The molecule has 1 aliphatic carbocycles. The van der Waals surface area contributed by atoms with Gasteiger partial charge in [-0.05, 0) is 62.8 Å². The molecule has 1 unspecified atom stereocenters. The van der Waals surface area contributed by atoms with Crippen molar-refractivity contribution in [2.24, 2.45) is 16.0 Å². The third-order valence-corrected chi connectivity index (χ3v) is 6.12. The first kappa shape index (κ1) is 20.2. The number of thiazole rings is 1. The van der Waals surface area contributed by atoms with Gasteiger partial charge in [0.25, 0.3) is 5.69 Å². The Balaban J connectivity index is 1.82. The van der Waals surface area contributed by atoms with Crippen LogP contribution in [0.1, 0.15) is 38.2 Å². The van der Waals surface area contributed by atoms with Gasteiger partial charge in [0.1, 0.15) is 0 Å². The predicted molar refractivity (Wildman–Crippen MR) is 121 cm³/mol. The van der Waals surface area contributed by atoms with E-state index in [-0.39, 0.29) is 10.6 Å². The van der Waals surface area contributed by atoms with E-state index >= 15 is 0 Å². The molecule has 0 aliphatic heterocycles. The molecule has 1 atom stereocenters. The largest absolute Gasteiger partial charge is 0.269 e. The van der Waals surface area contributed by atoms with Gasteiger partial charge in [-0.15, -0.1) is 11.3 Å². The van der Waals surface area contributed by atoms with Gasteiger partial charge in [-0.3, -0.25) is 10.1 Å². The van der Waals surface area contributed by atoms with Crippen LogP contribution in [0.4, 0.5) is 11.4 Å². The van der Waals surface area contributed by atoms with Gasteiger partial charge in [-0.1, -0.05) is 24.6 Å². The lowest BCUT2D eigenvalue weighted by Gasteiger charge is -2.19. The van der Waals surface area contributed by atoms with Gasteiger partial charge >= 0.3 is 0 Å². The van der Waals surface area contributed by atoms with Crippen LogP contribution in [0, 0.1) is 23.0 Å². The van der Waals surface area contributed by atoms with E-state index < -0.39 is 0 Å². The number of nitro groups is 1. The average molecular weight is 421 g/mol. The number of benzene rings is 2. The van der Waals surface area contributed by atoms with Gasteiger partial charge < -0.3 is 0 Å². The summed E-state index contributed by atoms with van der Waals surface area (Å²) < 4.78 is 1.90. The van der Waals surface area contributed by atoms with Crippen LogP contribution < -0.4 is 4.80 Å². The van der Waals surface area contributed by atoms with Crippen molar-refractivity contribution in [2.75, 3.05) is 0 Å². The van der Waals surface area contributed by atoms with Crippen LogP contribution in [0.15, 0.2) is 64.0 Å². The second kappa shape index (κ2) is 8.75. The summed E-state index contributed by atoms with van der Waals surface area (Å²) in [7, 11) is 0. The summed E-state index contributed by atoms with van der Waals surface area (Å²) in [6.45, 7) is 4.32. The van der Waals surface area contributed by atoms with Crippen molar-refractivity contribution in [3.05, 3.63) is 74.4 Å². The maximum Gasteiger partial charge on any atom is 0.269 e. The maximum atomic E-state index is 11.0. The Labute approximate surface area is 179 Å². The molecule has 0 amide bonds. The van der Waals surface area contributed by atoms with Crippen molar-refractivity contribution < 1.29 is 4.92 Å². The SMILES string of the molecule is Cc1ccc(N=c2scc(-c3ccc([N+](=O)[O-])cc3)n2N=C2CCCC(C)C2)cc1. The van der Waals surface area contributed by atoms with Gasteiger partial charge in [0.2, 0.25) is 4.80 Å². The molecule has 30 heavy (non-hydrogen) atoms. The fourth-order valence-electron chi connectivity index (χ4n) is 3.65. The Morgan fingerprint density at radius 2 is 1.87 bits per heavy atom. The van der Waals surface area contributed by atoms with E-state index in [1.807, 2.05) is 34.3 Å². The normalized spacial score (nSPS) is 18.7. The van der Waals surface area contributed by atoms with Crippen molar-refractivity contribution in [1.29, 1.82) is 0 Å². The molecule has 1 fully saturated rings. The zero-order chi connectivity index (χ0) is 21.1. The van der Waals surface area contributed by atoms with Gasteiger partial charge in [-0.2, -0.15) is 5.10 Å². The smallest absolute Gasteiger partial charge is 0.258 e. The van der Waals surface area contributed by atoms with E-state index in [9.17, 15) is 10.1 Å². The second-order valence-corrected chi connectivity index (χ2v) is 8.67. The van der Waals surface area contributed by atoms with Gasteiger partial charge in [0, 0.05) is 28.8 Å². The van der Waals surface area contributed by atoms with E-state index in [0.29, 0.717) is 5.92 Å². The number of aromatic nitrogens is 1. The highest BCUT2D eigenvalue weighted by molar-refractivity contribution is 7.07.